The summed E-state index contributed by atoms with van der Waals surface area (Å²) in [5, 5.41) is 0. The molecule has 0 atom stereocenters. The van der Waals surface area contributed by atoms with Gasteiger partial charge in [-0.2, -0.15) is 13.2 Å². The van der Waals surface area contributed by atoms with Gasteiger partial charge in [0.05, 0.1) is 22.2 Å². The highest BCUT2D eigenvalue weighted by molar-refractivity contribution is 7.90. The van der Waals surface area contributed by atoms with Crippen molar-refractivity contribution in [3.63, 3.8) is 0 Å². The van der Waals surface area contributed by atoms with E-state index in [1.165, 1.54) is 42.5 Å². The summed E-state index contributed by atoms with van der Waals surface area (Å²) in [7, 11) is -8.06. The first-order valence-electron chi connectivity index (χ1n) is 11.9. The zero-order chi connectivity index (χ0) is 29.7. The summed E-state index contributed by atoms with van der Waals surface area (Å²) in [5.41, 5.74) is -0.202. The number of carbonyl (C=O) groups excluding carboxylic acids is 1. The number of nitrogens with zero attached hydrogens (tertiary/aromatic N) is 2. The lowest BCUT2D eigenvalue weighted by Crippen LogP contribution is -2.29. The molecule has 0 bridgehead atoms. The van der Waals surface area contributed by atoms with Crippen LogP contribution >= 0.6 is 0 Å². The minimum absolute atomic E-state index is 0.0201. The second-order valence-corrected chi connectivity index (χ2v) is 13.9. The Hall–Kier alpha value is -3.71. The van der Waals surface area contributed by atoms with Gasteiger partial charge in [0.15, 0.2) is 0 Å². The van der Waals surface area contributed by atoms with Crippen LogP contribution in [0, 0.1) is 0 Å². The number of nitrogens with one attached hydrogen (secondary N) is 1. The molecule has 2 aromatic heterocycles. The van der Waals surface area contributed by atoms with Crippen LogP contribution in [0.15, 0.2) is 71.6 Å². The van der Waals surface area contributed by atoms with Crippen molar-refractivity contribution in [2.75, 3.05) is 6.26 Å². The molecule has 212 valence electrons. The van der Waals surface area contributed by atoms with E-state index in [4.69, 9.17) is 0 Å². The molecule has 0 aliphatic carbocycles. The van der Waals surface area contributed by atoms with Gasteiger partial charge in [-0.1, -0.05) is 45.0 Å². The van der Waals surface area contributed by atoms with Crippen LogP contribution < -0.4 is 4.72 Å². The van der Waals surface area contributed by atoms with Gasteiger partial charge in [-0.25, -0.2) is 30.5 Å². The van der Waals surface area contributed by atoms with Crippen molar-refractivity contribution in [2.24, 2.45) is 0 Å². The predicted molar refractivity (Wildman–Crippen MR) is 144 cm³/mol. The minimum Gasteiger partial charge on any atom is -0.268 e. The van der Waals surface area contributed by atoms with Crippen LogP contribution in [0.5, 0.6) is 0 Å². The molecule has 0 aliphatic heterocycles. The first kappa shape index (κ1) is 29.3. The fourth-order valence-electron chi connectivity index (χ4n) is 4.12. The molecule has 1 N–H and O–H groups in total. The number of hydrogen-bond donors (Lipinski definition) is 1. The molecule has 0 aliphatic rings. The monoisotopic (exact) mass is 593 g/mol. The number of alkyl halides is 3. The topological polar surface area (TPSA) is 115 Å². The van der Waals surface area contributed by atoms with Gasteiger partial charge in [-0.15, -0.1) is 0 Å². The van der Waals surface area contributed by atoms with E-state index in [-0.39, 0.29) is 39.0 Å². The van der Waals surface area contributed by atoms with E-state index in [1.54, 1.807) is 12.1 Å². The van der Waals surface area contributed by atoms with Crippen molar-refractivity contribution in [2.45, 2.75) is 43.7 Å². The van der Waals surface area contributed by atoms with Crippen LogP contribution in [0.2, 0.25) is 0 Å². The number of benzene rings is 2. The van der Waals surface area contributed by atoms with E-state index in [0.717, 1.165) is 27.9 Å². The molecule has 0 unspecified atom stereocenters. The lowest BCUT2D eigenvalue weighted by atomic mass is 9.87. The number of sulfonamides is 1. The molecule has 0 saturated carbocycles. The van der Waals surface area contributed by atoms with Gasteiger partial charge < -0.3 is 0 Å². The number of rotatable bonds is 6. The molecule has 1 amide bonds. The van der Waals surface area contributed by atoms with Gasteiger partial charge >= 0.3 is 6.18 Å². The zero-order valence-corrected chi connectivity index (χ0v) is 23.6. The Balaban J connectivity index is 1.84. The van der Waals surface area contributed by atoms with Crippen molar-refractivity contribution < 1.29 is 34.8 Å². The van der Waals surface area contributed by atoms with E-state index < -0.39 is 37.8 Å². The van der Waals surface area contributed by atoms with E-state index >= 15 is 0 Å². The molecule has 0 spiro atoms. The standard InChI is InChI=1S/C27H26F3N3O5S2/c1-26(2,3)19-6-5-7-21(15-19)40(37,38)33-20(16-22-23(33)12-13-24(31-22)27(28,29)30)14-17-8-10-18(11-9-17)25(34)32-39(4,35)36/h5-13,15-16H,14H2,1-4H3,(H,32,34). The van der Waals surface area contributed by atoms with Crippen LogP contribution in [0.3, 0.4) is 0 Å². The van der Waals surface area contributed by atoms with Crippen LogP contribution in [-0.2, 0) is 38.1 Å². The quantitative estimate of drug-likeness (QED) is 0.341. The molecular formula is C27H26F3N3O5S2. The van der Waals surface area contributed by atoms with Gasteiger partial charge in [0.2, 0.25) is 10.0 Å². The Morgan fingerprint density at radius 1 is 0.925 bits per heavy atom. The number of carbonyl (C=O) groups is 1. The Morgan fingerprint density at radius 2 is 1.57 bits per heavy atom. The summed E-state index contributed by atoms with van der Waals surface area (Å²) < 4.78 is 93.6. The average molecular weight is 594 g/mol. The molecule has 0 saturated heterocycles. The van der Waals surface area contributed by atoms with E-state index in [2.05, 4.69) is 4.98 Å². The third kappa shape index (κ3) is 6.20. The van der Waals surface area contributed by atoms with Crippen molar-refractivity contribution in [3.8, 4) is 0 Å². The number of pyridine rings is 1. The molecule has 2 aromatic carbocycles. The summed E-state index contributed by atoms with van der Waals surface area (Å²) in [6, 6.07) is 15.2. The molecule has 40 heavy (non-hydrogen) atoms. The lowest BCUT2D eigenvalue weighted by molar-refractivity contribution is -0.140. The smallest absolute Gasteiger partial charge is 0.268 e. The zero-order valence-electron chi connectivity index (χ0n) is 21.9. The van der Waals surface area contributed by atoms with Crippen LogP contribution in [0.1, 0.15) is 53.6 Å². The number of fused-ring (bicyclic) bond motifs is 1. The third-order valence-corrected chi connectivity index (χ3v) is 8.41. The molecule has 0 fully saturated rings. The molecule has 13 heteroatoms. The molecule has 8 nitrogen and oxygen atoms in total. The van der Waals surface area contributed by atoms with Gasteiger partial charge in [-0.3, -0.25) is 4.79 Å². The van der Waals surface area contributed by atoms with Crippen molar-refractivity contribution >= 4 is 37.0 Å². The van der Waals surface area contributed by atoms with E-state index in [1.807, 2.05) is 25.5 Å². The average Bonchev–Trinajstić information content (AvgIpc) is 3.20. The fourth-order valence-corrected chi connectivity index (χ4v) is 6.15. The largest absolute Gasteiger partial charge is 0.433 e. The van der Waals surface area contributed by atoms with Crippen LogP contribution in [0.25, 0.3) is 11.0 Å². The van der Waals surface area contributed by atoms with E-state index in [0.29, 0.717) is 5.56 Å². The van der Waals surface area contributed by atoms with Crippen LogP contribution in [0.4, 0.5) is 13.2 Å². The normalized spacial score (nSPS) is 13.0. The lowest BCUT2D eigenvalue weighted by Gasteiger charge is -2.20. The number of amides is 1. The van der Waals surface area contributed by atoms with Gasteiger partial charge in [0.1, 0.15) is 5.69 Å². The predicted octanol–water partition coefficient (Wildman–Crippen LogP) is 4.87. The molecule has 2 heterocycles. The summed E-state index contributed by atoms with van der Waals surface area (Å²) in [6.07, 6.45) is -3.92. The number of hydrogen-bond acceptors (Lipinski definition) is 6. The summed E-state index contributed by atoms with van der Waals surface area (Å²) in [4.78, 5) is 15.8. The Labute approximate surface area is 230 Å². The minimum atomic E-state index is -4.72. The second kappa shape index (κ2) is 10.0. The summed E-state index contributed by atoms with van der Waals surface area (Å²) in [5.74, 6) is -0.839. The summed E-state index contributed by atoms with van der Waals surface area (Å²) in [6.45, 7) is 5.78. The van der Waals surface area contributed by atoms with Gasteiger partial charge in [0, 0.05) is 17.7 Å². The maximum Gasteiger partial charge on any atom is 0.433 e. The maximum absolute atomic E-state index is 14.0. The highest BCUT2D eigenvalue weighted by Gasteiger charge is 2.34. The van der Waals surface area contributed by atoms with Crippen molar-refractivity contribution in [1.82, 2.24) is 13.7 Å². The SMILES string of the molecule is CC(C)(C)c1cccc(S(=O)(=O)n2c(Cc3ccc(C(=O)NS(C)(=O)=O)cc3)cc3nc(C(F)(F)F)ccc32)c1. The van der Waals surface area contributed by atoms with Crippen molar-refractivity contribution in [3.05, 3.63) is 94.8 Å². The molecule has 4 aromatic rings. The number of halogens is 3. The molecule has 0 radical (unpaired) electrons. The third-order valence-electron chi connectivity index (χ3n) is 6.09. The first-order valence-corrected chi connectivity index (χ1v) is 15.3. The highest BCUT2D eigenvalue weighted by atomic mass is 32.2. The van der Waals surface area contributed by atoms with Gasteiger partial charge in [-0.05, 0) is 59.0 Å². The summed E-state index contributed by atoms with van der Waals surface area (Å²) >= 11 is 0. The fraction of sp³-hybridized carbons (Fsp3) is 0.259. The Morgan fingerprint density at radius 3 is 2.15 bits per heavy atom. The molecule has 4 rings (SSSR count). The highest BCUT2D eigenvalue weighted by Crippen LogP contribution is 2.33. The Kier molecular flexibility index (Phi) is 7.35. The number of aromatic nitrogens is 2. The molecular weight excluding hydrogens is 567 g/mol. The second-order valence-electron chi connectivity index (χ2n) is 10.4. The maximum atomic E-state index is 14.0. The van der Waals surface area contributed by atoms with Crippen molar-refractivity contribution in [1.29, 1.82) is 0 Å². The van der Waals surface area contributed by atoms with E-state index in [9.17, 15) is 34.8 Å². The first-order chi connectivity index (χ1) is 18.4. The van der Waals surface area contributed by atoms with Crippen LogP contribution in [-0.4, -0.2) is 38.0 Å². The van der Waals surface area contributed by atoms with Gasteiger partial charge in [0.25, 0.3) is 15.9 Å². The Bertz CT molecular complexity index is 1820.